The Morgan fingerprint density at radius 2 is 1.83 bits per heavy atom. The molecule has 0 aromatic carbocycles. The molecule has 108 valence electrons. The van der Waals surface area contributed by atoms with Gasteiger partial charge in [0.2, 0.25) is 0 Å². The van der Waals surface area contributed by atoms with Gasteiger partial charge in [0.15, 0.2) is 0 Å². The van der Waals surface area contributed by atoms with Crippen LogP contribution in [0.15, 0.2) is 0 Å². The Hall–Kier alpha value is -0.610. The minimum absolute atomic E-state index is 0.294. The van der Waals surface area contributed by atoms with Gasteiger partial charge in [-0.2, -0.15) is 0 Å². The molecule has 0 amide bonds. The second-order valence-corrected chi connectivity index (χ2v) is 6.54. The summed E-state index contributed by atoms with van der Waals surface area (Å²) in [6.45, 7) is 12.6. The van der Waals surface area contributed by atoms with E-state index in [0.29, 0.717) is 18.4 Å². The van der Waals surface area contributed by atoms with Crippen LogP contribution in [0.1, 0.15) is 47.5 Å². The van der Waals surface area contributed by atoms with Gasteiger partial charge in [-0.15, -0.1) is 0 Å². The quantitative estimate of drug-likeness (QED) is 0.710. The number of rotatable bonds is 7. The third-order valence-corrected chi connectivity index (χ3v) is 2.72. The van der Waals surface area contributed by atoms with Crippen LogP contribution in [0.25, 0.3) is 0 Å². The van der Waals surface area contributed by atoms with Crippen molar-refractivity contribution in [3.63, 3.8) is 0 Å². The molecule has 2 N–H and O–H groups in total. The molecule has 0 fully saturated rings. The van der Waals surface area contributed by atoms with E-state index in [2.05, 4.69) is 32.7 Å². The fourth-order valence-electron chi connectivity index (χ4n) is 2.00. The first-order chi connectivity index (χ1) is 8.08. The molecule has 0 heterocycles. The molecular formula is C14H30N2O2. The van der Waals surface area contributed by atoms with E-state index in [1.54, 1.807) is 13.8 Å². The van der Waals surface area contributed by atoms with Crippen molar-refractivity contribution in [3.05, 3.63) is 0 Å². The topological polar surface area (TPSA) is 55.6 Å². The monoisotopic (exact) mass is 258 g/mol. The van der Waals surface area contributed by atoms with Crippen LogP contribution in [0.3, 0.4) is 0 Å². The van der Waals surface area contributed by atoms with Crippen LogP contribution in [0.4, 0.5) is 0 Å². The SMILES string of the molecule is CCOC(=O)C(C)(N)CCCN(C)CC(C)(C)C. The zero-order valence-electron chi connectivity index (χ0n) is 12.9. The lowest BCUT2D eigenvalue weighted by Gasteiger charge is -2.28. The summed E-state index contributed by atoms with van der Waals surface area (Å²) in [6, 6.07) is 0. The van der Waals surface area contributed by atoms with Crippen molar-refractivity contribution in [1.82, 2.24) is 4.90 Å². The zero-order chi connectivity index (χ0) is 14.4. The van der Waals surface area contributed by atoms with Gasteiger partial charge >= 0.3 is 5.97 Å². The van der Waals surface area contributed by atoms with E-state index in [1.165, 1.54) is 0 Å². The Morgan fingerprint density at radius 3 is 2.28 bits per heavy atom. The summed E-state index contributed by atoms with van der Waals surface area (Å²) >= 11 is 0. The number of nitrogens with two attached hydrogens (primary N) is 1. The van der Waals surface area contributed by atoms with Gasteiger partial charge in [0, 0.05) is 6.54 Å². The van der Waals surface area contributed by atoms with Gasteiger partial charge in [-0.05, 0) is 45.7 Å². The summed E-state index contributed by atoms with van der Waals surface area (Å²) in [5.41, 5.74) is 5.40. The number of nitrogens with zero attached hydrogens (tertiary/aromatic N) is 1. The van der Waals surface area contributed by atoms with Crippen LogP contribution in [-0.4, -0.2) is 43.2 Å². The van der Waals surface area contributed by atoms with E-state index >= 15 is 0 Å². The van der Waals surface area contributed by atoms with Crippen LogP contribution >= 0.6 is 0 Å². The summed E-state index contributed by atoms with van der Waals surface area (Å²) < 4.78 is 4.97. The molecule has 4 nitrogen and oxygen atoms in total. The first-order valence-corrected chi connectivity index (χ1v) is 6.73. The first-order valence-electron chi connectivity index (χ1n) is 6.73. The lowest BCUT2D eigenvalue weighted by Crippen LogP contribution is -2.46. The number of hydrogen-bond donors (Lipinski definition) is 1. The zero-order valence-corrected chi connectivity index (χ0v) is 12.9. The minimum atomic E-state index is -0.863. The molecule has 0 aromatic rings. The van der Waals surface area contributed by atoms with Crippen molar-refractivity contribution in [2.75, 3.05) is 26.7 Å². The molecule has 0 bridgehead atoms. The standard InChI is InChI=1S/C14H30N2O2/c1-7-18-12(17)14(5,15)9-8-10-16(6)11-13(2,3)4/h7-11,15H2,1-6H3. The smallest absolute Gasteiger partial charge is 0.325 e. The molecule has 0 rings (SSSR count). The minimum Gasteiger partial charge on any atom is -0.465 e. The molecule has 1 unspecified atom stereocenters. The van der Waals surface area contributed by atoms with Crippen molar-refractivity contribution < 1.29 is 9.53 Å². The molecule has 0 aliphatic carbocycles. The molecule has 0 aromatic heterocycles. The van der Waals surface area contributed by atoms with E-state index in [9.17, 15) is 4.79 Å². The van der Waals surface area contributed by atoms with Gasteiger partial charge in [-0.1, -0.05) is 20.8 Å². The summed E-state index contributed by atoms with van der Waals surface area (Å²) in [4.78, 5) is 13.9. The number of hydrogen-bond acceptors (Lipinski definition) is 4. The van der Waals surface area contributed by atoms with Gasteiger partial charge < -0.3 is 15.4 Å². The van der Waals surface area contributed by atoms with Crippen molar-refractivity contribution in [2.45, 2.75) is 53.0 Å². The largest absolute Gasteiger partial charge is 0.465 e. The maximum absolute atomic E-state index is 11.6. The fraction of sp³-hybridized carbons (Fsp3) is 0.929. The van der Waals surface area contributed by atoms with Crippen molar-refractivity contribution in [1.29, 1.82) is 0 Å². The molecule has 0 radical (unpaired) electrons. The third kappa shape index (κ3) is 7.67. The van der Waals surface area contributed by atoms with Gasteiger partial charge in [-0.25, -0.2) is 0 Å². The second-order valence-electron chi connectivity index (χ2n) is 6.54. The van der Waals surface area contributed by atoms with Crippen molar-refractivity contribution in [3.8, 4) is 0 Å². The Balaban J connectivity index is 3.99. The summed E-state index contributed by atoms with van der Waals surface area (Å²) in [5.74, 6) is -0.302. The summed E-state index contributed by atoms with van der Waals surface area (Å²) in [6.07, 6.45) is 1.55. The molecule has 0 aliphatic rings. The van der Waals surface area contributed by atoms with Crippen molar-refractivity contribution >= 4 is 5.97 Å². The van der Waals surface area contributed by atoms with E-state index in [0.717, 1.165) is 19.5 Å². The molecule has 18 heavy (non-hydrogen) atoms. The Bertz CT molecular complexity index is 257. The third-order valence-electron chi connectivity index (χ3n) is 2.72. The van der Waals surface area contributed by atoms with Crippen molar-refractivity contribution in [2.24, 2.45) is 11.1 Å². The highest BCUT2D eigenvalue weighted by atomic mass is 16.5. The Kier molecular flexibility index (Phi) is 6.86. The van der Waals surface area contributed by atoms with Crippen LogP contribution < -0.4 is 5.73 Å². The highest BCUT2D eigenvalue weighted by molar-refractivity contribution is 5.79. The number of carbonyl (C=O) groups is 1. The van der Waals surface area contributed by atoms with Gasteiger partial charge in [0.25, 0.3) is 0 Å². The molecule has 0 aliphatic heterocycles. The van der Waals surface area contributed by atoms with Crippen LogP contribution in [-0.2, 0) is 9.53 Å². The van der Waals surface area contributed by atoms with Gasteiger partial charge in [0.05, 0.1) is 6.61 Å². The summed E-state index contributed by atoms with van der Waals surface area (Å²) in [7, 11) is 2.10. The average molecular weight is 258 g/mol. The maximum atomic E-state index is 11.6. The Morgan fingerprint density at radius 1 is 1.28 bits per heavy atom. The normalized spacial score (nSPS) is 15.6. The lowest BCUT2D eigenvalue weighted by atomic mass is 9.95. The van der Waals surface area contributed by atoms with E-state index < -0.39 is 5.54 Å². The second kappa shape index (κ2) is 7.10. The number of carbonyl (C=O) groups excluding carboxylic acids is 1. The average Bonchev–Trinajstić information content (AvgIpc) is 2.14. The van der Waals surface area contributed by atoms with Crippen LogP contribution in [0.5, 0.6) is 0 Å². The van der Waals surface area contributed by atoms with Gasteiger partial charge in [0.1, 0.15) is 5.54 Å². The Labute approximate surface area is 112 Å². The molecule has 0 saturated heterocycles. The van der Waals surface area contributed by atoms with E-state index in [4.69, 9.17) is 10.5 Å². The lowest BCUT2D eigenvalue weighted by molar-refractivity contribution is -0.149. The first kappa shape index (κ1) is 17.4. The predicted molar refractivity (Wildman–Crippen MR) is 75.4 cm³/mol. The van der Waals surface area contributed by atoms with Crippen LogP contribution in [0.2, 0.25) is 0 Å². The highest BCUT2D eigenvalue weighted by Gasteiger charge is 2.29. The highest BCUT2D eigenvalue weighted by Crippen LogP contribution is 2.16. The predicted octanol–water partition coefficient (Wildman–Crippen LogP) is 2.02. The fourth-order valence-corrected chi connectivity index (χ4v) is 2.00. The van der Waals surface area contributed by atoms with E-state index in [1.807, 2.05) is 0 Å². The number of esters is 1. The van der Waals surface area contributed by atoms with Crippen LogP contribution in [0, 0.1) is 5.41 Å². The molecule has 0 saturated carbocycles. The molecule has 0 spiro atoms. The van der Waals surface area contributed by atoms with Gasteiger partial charge in [-0.3, -0.25) is 4.79 Å². The summed E-state index contributed by atoms with van der Waals surface area (Å²) in [5, 5.41) is 0. The molecular weight excluding hydrogens is 228 g/mol. The van der Waals surface area contributed by atoms with E-state index in [-0.39, 0.29) is 5.97 Å². The maximum Gasteiger partial charge on any atom is 0.325 e. The molecule has 4 heteroatoms. The molecule has 1 atom stereocenters. The number of ether oxygens (including phenoxy) is 1.